The summed E-state index contributed by atoms with van der Waals surface area (Å²) in [6, 6.07) is 11.1. The van der Waals surface area contributed by atoms with Crippen molar-refractivity contribution in [2.24, 2.45) is 0 Å². The van der Waals surface area contributed by atoms with Gasteiger partial charge in [0.25, 0.3) is 5.91 Å². The Labute approximate surface area is 189 Å². The fourth-order valence-corrected chi connectivity index (χ4v) is 4.64. The average Bonchev–Trinajstić information content (AvgIpc) is 3.54. The van der Waals surface area contributed by atoms with E-state index in [1.54, 1.807) is 25.4 Å². The molecule has 0 aliphatic carbocycles. The molecule has 3 aromatic rings. The quantitative estimate of drug-likeness (QED) is 0.551. The minimum absolute atomic E-state index is 0.0154. The maximum atomic E-state index is 13.0. The Morgan fingerprint density at radius 3 is 2.78 bits per heavy atom. The summed E-state index contributed by atoms with van der Waals surface area (Å²) in [5, 5.41) is 6.98. The van der Waals surface area contributed by atoms with E-state index < -0.39 is 0 Å². The van der Waals surface area contributed by atoms with Crippen LogP contribution in [0.2, 0.25) is 0 Å². The first kappa shape index (κ1) is 21.8. The van der Waals surface area contributed by atoms with Gasteiger partial charge in [0.15, 0.2) is 5.78 Å². The molecular weight excluding hydrogens is 428 g/mol. The number of amides is 2. The molecule has 1 aromatic carbocycles. The number of thiophene rings is 1. The molecule has 0 saturated carbocycles. The van der Waals surface area contributed by atoms with E-state index in [4.69, 9.17) is 4.74 Å². The van der Waals surface area contributed by atoms with Gasteiger partial charge in [0.05, 0.1) is 34.8 Å². The molecule has 9 heteroatoms. The normalized spacial score (nSPS) is 15.6. The summed E-state index contributed by atoms with van der Waals surface area (Å²) >= 11 is 1.14. The maximum Gasteiger partial charge on any atom is 0.265 e. The van der Waals surface area contributed by atoms with Gasteiger partial charge in [-0.3, -0.25) is 19.1 Å². The SMILES string of the molecule is COc1cccc(C2CCCN2C(=O)Cn2cc(NC(=O)c3ccc(C(C)=O)s3)cn2)c1. The summed E-state index contributed by atoms with van der Waals surface area (Å²) in [5.41, 5.74) is 1.55. The summed E-state index contributed by atoms with van der Waals surface area (Å²) in [6.45, 7) is 2.25. The van der Waals surface area contributed by atoms with E-state index in [0.717, 1.165) is 35.5 Å². The number of anilines is 1. The number of ether oxygens (including phenoxy) is 1. The molecule has 1 aliphatic heterocycles. The number of aromatic nitrogens is 2. The van der Waals surface area contributed by atoms with Crippen molar-refractivity contribution in [1.82, 2.24) is 14.7 Å². The summed E-state index contributed by atoms with van der Waals surface area (Å²) in [4.78, 5) is 39.7. The van der Waals surface area contributed by atoms with Gasteiger partial charge in [0.2, 0.25) is 5.91 Å². The fourth-order valence-electron chi connectivity index (χ4n) is 3.85. The highest BCUT2D eigenvalue weighted by Crippen LogP contribution is 2.33. The molecule has 32 heavy (non-hydrogen) atoms. The van der Waals surface area contributed by atoms with Gasteiger partial charge in [-0.15, -0.1) is 11.3 Å². The summed E-state index contributed by atoms with van der Waals surface area (Å²) in [5.74, 6) is 0.358. The third kappa shape index (κ3) is 4.72. The van der Waals surface area contributed by atoms with E-state index in [-0.39, 0.29) is 30.2 Å². The number of benzene rings is 1. The average molecular weight is 453 g/mol. The van der Waals surface area contributed by atoms with Crippen LogP contribution in [0.3, 0.4) is 0 Å². The summed E-state index contributed by atoms with van der Waals surface area (Å²) < 4.78 is 6.84. The first-order chi connectivity index (χ1) is 15.4. The van der Waals surface area contributed by atoms with E-state index >= 15 is 0 Å². The van der Waals surface area contributed by atoms with Crippen LogP contribution in [0.4, 0.5) is 5.69 Å². The van der Waals surface area contributed by atoms with Gasteiger partial charge < -0.3 is 15.0 Å². The lowest BCUT2D eigenvalue weighted by atomic mass is 10.0. The van der Waals surface area contributed by atoms with Gasteiger partial charge >= 0.3 is 0 Å². The number of methoxy groups -OCH3 is 1. The van der Waals surface area contributed by atoms with Crippen molar-refractivity contribution in [3.63, 3.8) is 0 Å². The van der Waals surface area contributed by atoms with E-state index in [1.165, 1.54) is 17.8 Å². The van der Waals surface area contributed by atoms with E-state index in [0.29, 0.717) is 22.0 Å². The van der Waals surface area contributed by atoms with Crippen molar-refractivity contribution >= 4 is 34.6 Å². The van der Waals surface area contributed by atoms with E-state index in [1.807, 2.05) is 29.2 Å². The molecule has 1 fully saturated rings. The highest BCUT2D eigenvalue weighted by molar-refractivity contribution is 7.16. The smallest absolute Gasteiger partial charge is 0.265 e. The zero-order chi connectivity index (χ0) is 22.7. The molecule has 1 unspecified atom stereocenters. The Morgan fingerprint density at radius 1 is 1.22 bits per heavy atom. The van der Waals surface area contributed by atoms with Crippen LogP contribution in [-0.2, 0) is 11.3 Å². The Kier molecular flexibility index (Phi) is 6.36. The number of nitrogens with one attached hydrogen (secondary N) is 1. The van der Waals surface area contributed by atoms with Crippen LogP contribution in [0, 0.1) is 0 Å². The van der Waals surface area contributed by atoms with Crippen LogP contribution in [0.5, 0.6) is 5.75 Å². The number of ketones is 1. The monoisotopic (exact) mass is 452 g/mol. The second-order valence-corrected chi connectivity index (χ2v) is 8.71. The second kappa shape index (κ2) is 9.35. The van der Waals surface area contributed by atoms with Gasteiger partial charge in [0.1, 0.15) is 12.3 Å². The number of likely N-dealkylation sites (tertiary alicyclic amines) is 1. The molecule has 3 heterocycles. The lowest BCUT2D eigenvalue weighted by Gasteiger charge is -2.25. The third-order valence-electron chi connectivity index (χ3n) is 5.42. The molecular formula is C23H24N4O4S. The van der Waals surface area contributed by atoms with E-state index in [9.17, 15) is 14.4 Å². The highest BCUT2D eigenvalue weighted by atomic mass is 32.1. The van der Waals surface area contributed by atoms with Crippen LogP contribution in [-0.4, -0.2) is 45.9 Å². The van der Waals surface area contributed by atoms with Crippen LogP contribution in [0.1, 0.15) is 50.7 Å². The molecule has 0 bridgehead atoms. The zero-order valence-corrected chi connectivity index (χ0v) is 18.7. The standard InChI is InChI=1S/C23H24N4O4S/c1-15(28)20-8-9-21(32-20)23(30)25-17-12-24-26(13-17)14-22(29)27-10-4-7-19(27)16-5-3-6-18(11-16)31-2/h3,5-6,8-9,11-13,19H,4,7,10,14H2,1-2H3,(H,25,30). The molecule has 0 radical (unpaired) electrons. The predicted molar refractivity (Wildman–Crippen MR) is 121 cm³/mol. The first-order valence-electron chi connectivity index (χ1n) is 10.3. The van der Waals surface area contributed by atoms with Crippen molar-refractivity contribution in [2.75, 3.05) is 19.0 Å². The Balaban J connectivity index is 1.39. The van der Waals surface area contributed by atoms with Crippen molar-refractivity contribution in [3.8, 4) is 5.75 Å². The van der Waals surface area contributed by atoms with Gasteiger partial charge in [0, 0.05) is 12.7 Å². The zero-order valence-electron chi connectivity index (χ0n) is 17.9. The van der Waals surface area contributed by atoms with Crippen molar-refractivity contribution in [3.05, 3.63) is 64.1 Å². The molecule has 4 rings (SSSR count). The Morgan fingerprint density at radius 2 is 2.03 bits per heavy atom. The third-order valence-corrected chi connectivity index (χ3v) is 6.60. The molecule has 0 spiro atoms. The van der Waals surface area contributed by atoms with Crippen molar-refractivity contribution < 1.29 is 19.1 Å². The molecule has 1 atom stereocenters. The van der Waals surface area contributed by atoms with Crippen molar-refractivity contribution in [1.29, 1.82) is 0 Å². The van der Waals surface area contributed by atoms with E-state index in [2.05, 4.69) is 10.4 Å². The second-order valence-electron chi connectivity index (χ2n) is 7.62. The fraction of sp³-hybridized carbons (Fsp3) is 0.304. The topological polar surface area (TPSA) is 93.5 Å². The molecule has 2 aromatic heterocycles. The van der Waals surface area contributed by atoms with Crippen molar-refractivity contribution in [2.45, 2.75) is 32.4 Å². The lowest BCUT2D eigenvalue weighted by Crippen LogP contribution is -2.33. The van der Waals surface area contributed by atoms with Crippen LogP contribution < -0.4 is 10.1 Å². The molecule has 8 nitrogen and oxygen atoms in total. The number of nitrogens with zero attached hydrogens (tertiary/aromatic N) is 3. The van der Waals surface area contributed by atoms with Gasteiger partial charge in [-0.05, 0) is 49.6 Å². The lowest BCUT2D eigenvalue weighted by molar-refractivity contribution is -0.133. The molecule has 1 saturated heterocycles. The number of rotatable bonds is 7. The minimum Gasteiger partial charge on any atom is -0.497 e. The molecule has 1 N–H and O–H groups in total. The highest BCUT2D eigenvalue weighted by Gasteiger charge is 2.30. The largest absolute Gasteiger partial charge is 0.497 e. The number of carbonyl (C=O) groups is 3. The minimum atomic E-state index is -0.314. The summed E-state index contributed by atoms with van der Waals surface area (Å²) in [7, 11) is 1.63. The Hall–Kier alpha value is -3.46. The van der Waals surface area contributed by atoms with Crippen LogP contribution >= 0.6 is 11.3 Å². The van der Waals surface area contributed by atoms with Crippen LogP contribution in [0.25, 0.3) is 0 Å². The first-order valence-corrected chi connectivity index (χ1v) is 11.1. The number of hydrogen-bond donors (Lipinski definition) is 1. The molecule has 1 aliphatic rings. The summed E-state index contributed by atoms with van der Waals surface area (Å²) in [6.07, 6.45) is 4.99. The predicted octanol–water partition coefficient (Wildman–Crippen LogP) is 3.77. The molecule has 166 valence electrons. The Bertz CT molecular complexity index is 1150. The molecule has 2 amide bonds. The maximum absolute atomic E-state index is 13.0. The van der Waals surface area contributed by atoms with Gasteiger partial charge in [-0.2, -0.15) is 5.10 Å². The van der Waals surface area contributed by atoms with Gasteiger partial charge in [-0.1, -0.05) is 12.1 Å². The van der Waals surface area contributed by atoms with Crippen LogP contribution in [0.15, 0.2) is 48.8 Å². The number of Topliss-reactive ketones (excluding diaryl/α,β-unsaturated/α-hetero) is 1. The van der Waals surface area contributed by atoms with Gasteiger partial charge in [-0.25, -0.2) is 0 Å². The number of hydrogen-bond acceptors (Lipinski definition) is 6. The number of carbonyl (C=O) groups excluding carboxylic acids is 3.